The van der Waals surface area contributed by atoms with Crippen molar-refractivity contribution in [2.45, 2.75) is 19.9 Å². The number of fused-ring (bicyclic) bond motifs is 1. The SMILES string of the molecule is Cc1ccc(C(=O)N2CCc3oncc3C2)cc1F. The highest BCUT2D eigenvalue weighted by Crippen LogP contribution is 2.20. The summed E-state index contributed by atoms with van der Waals surface area (Å²) in [5.41, 5.74) is 1.84. The molecule has 1 aliphatic rings. The second-order valence-corrected chi connectivity index (χ2v) is 4.71. The molecule has 0 saturated carbocycles. The van der Waals surface area contributed by atoms with Gasteiger partial charge < -0.3 is 9.42 Å². The fourth-order valence-electron chi connectivity index (χ4n) is 2.22. The molecule has 1 aliphatic heterocycles. The molecule has 5 heteroatoms. The molecule has 0 N–H and O–H groups in total. The van der Waals surface area contributed by atoms with Crippen molar-refractivity contribution in [2.24, 2.45) is 0 Å². The summed E-state index contributed by atoms with van der Waals surface area (Å²) in [5.74, 6) is 0.318. The number of aryl methyl sites for hydroxylation is 1. The summed E-state index contributed by atoms with van der Waals surface area (Å²) in [6.07, 6.45) is 2.28. The van der Waals surface area contributed by atoms with E-state index in [0.29, 0.717) is 30.6 Å². The summed E-state index contributed by atoms with van der Waals surface area (Å²) >= 11 is 0. The van der Waals surface area contributed by atoms with E-state index < -0.39 is 0 Å². The zero-order chi connectivity index (χ0) is 13.4. The van der Waals surface area contributed by atoms with Gasteiger partial charge in [0.1, 0.15) is 11.6 Å². The van der Waals surface area contributed by atoms with Crippen molar-refractivity contribution in [2.75, 3.05) is 6.54 Å². The van der Waals surface area contributed by atoms with Crippen LogP contribution in [0.15, 0.2) is 28.9 Å². The second kappa shape index (κ2) is 4.50. The maximum Gasteiger partial charge on any atom is 0.254 e. The fourth-order valence-corrected chi connectivity index (χ4v) is 2.22. The van der Waals surface area contributed by atoms with Gasteiger partial charge in [-0.25, -0.2) is 4.39 Å². The van der Waals surface area contributed by atoms with Crippen LogP contribution in [0.3, 0.4) is 0 Å². The van der Waals surface area contributed by atoms with E-state index >= 15 is 0 Å². The van der Waals surface area contributed by atoms with E-state index in [1.807, 2.05) is 0 Å². The van der Waals surface area contributed by atoms with Gasteiger partial charge in [0.05, 0.1) is 12.7 Å². The van der Waals surface area contributed by atoms with Gasteiger partial charge in [-0.05, 0) is 24.6 Å². The molecule has 19 heavy (non-hydrogen) atoms. The van der Waals surface area contributed by atoms with Gasteiger partial charge in [-0.3, -0.25) is 4.79 Å². The first-order valence-electron chi connectivity index (χ1n) is 6.13. The quantitative estimate of drug-likeness (QED) is 0.790. The minimum atomic E-state index is -0.353. The van der Waals surface area contributed by atoms with Gasteiger partial charge in [0.15, 0.2) is 0 Å². The number of carbonyl (C=O) groups is 1. The second-order valence-electron chi connectivity index (χ2n) is 4.71. The van der Waals surface area contributed by atoms with Crippen molar-refractivity contribution in [3.05, 3.63) is 52.7 Å². The molecule has 0 spiro atoms. The third-order valence-electron chi connectivity index (χ3n) is 3.41. The smallest absolute Gasteiger partial charge is 0.254 e. The number of carbonyl (C=O) groups excluding carboxylic acids is 1. The molecule has 0 saturated heterocycles. The van der Waals surface area contributed by atoms with Crippen molar-refractivity contribution in [3.63, 3.8) is 0 Å². The van der Waals surface area contributed by atoms with E-state index in [1.165, 1.54) is 6.07 Å². The summed E-state index contributed by atoms with van der Waals surface area (Å²) in [5, 5.41) is 3.72. The number of hydrogen-bond acceptors (Lipinski definition) is 3. The lowest BCUT2D eigenvalue weighted by Crippen LogP contribution is -2.35. The highest BCUT2D eigenvalue weighted by molar-refractivity contribution is 5.94. The van der Waals surface area contributed by atoms with Crippen LogP contribution in [0, 0.1) is 12.7 Å². The molecule has 0 fully saturated rings. The summed E-state index contributed by atoms with van der Waals surface area (Å²) < 4.78 is 18.6. The van der Waals surface area contributed by atoms with Crippen LogP contribution in [-0.2, 0) is 13.0 Å². The average molecular weight is 260 g/mol. The van der Waals surface area contributed by atoms with E-state index in [0.717, 1.165) is 11.3 Å². The Morgan fingerprint density at radius 2 is 2.32 bits per heavy atom. The molecule has 0 bridgehead atoms. The number of rotatable bonds is 1. The largest absolute Gasteiger partial charge is 0.361 e. The van der Waals surface area contributed by atoms with Crippen molar-refractivity contribution in [1.82, 2.24) is 10.1 Å². The van der Waals surface area contributed by atoms with Crippen LogP contribution < -0.4 is 0 Å². The number of benzene rings is 1. The predicted molar refractivity (Wildman–Crippen MR) is 66.1 cm³/mol. The Kier molecular flexibility index (Phi) is 2.81. The first-order valence-corrected chi connectivity index (χ1v) is 6.13. The number of aromatic nitrogens is 1. The van der Waals surface area contributed by atoms with Crippen molar-refractivity contribution in [3.8, 4) is 0 Å². The summed E-state index contributed by atoms with van der Waals surface area (Å²) in [6, 6.07) is 4.57. The molecule has 1 aromatic heterocycles. The van der Waals surface area contributed by atoms with Crippen LogP contribution in [0.4, 0.5) is 4.39 Å². The van der Waals surface area contributed by atoms with Gasteiger partial charge in [-0.2, -0.15) is 0 Å². The van der Waals surface area contributed by atoms with Crippen LogP contribution in [0.2, 0.25) is 0 Å². The highest BCUT2D eigenvalue weighted by Gasteiger charge is 2.24. The minimum absolute atomic E-state index is 0.161. The normalized spacial score (nSPS) is 14.3. The molecule has 0 radical (unpaired) electrons. The number of hydrogen-bond donors (Lipinski definition) is 0. The molecule has 1 aromatic carbocycles. The first kappa shape index (κ1) is 11.9. The standard InChI is InChI=1S/C14H13FN2O2/c1-9-2-3-10(6-12(9)15)14(18)17-5-4-13-11(8-17)7-16-19-13/h2-3,6-7H,4-5,8H2,1H3. The molecule has 2 heterocycles. The third-order valence-corrected chi connectivity index (χ3v) is 3.41. The number of halogens is 1. The Hall–Kier alpha value is -2.17. The van der Waals surface area contributed by atoms with Gasteiger partial charge in [-0.15, -0.1) is 0 Å². The van der Waals surface area contributed by atoms with E-state index in [-0.39, 0.29) is 11.7 Å². The lowest BCUT2D eigenvalue weighted by atomic mass is 10.1. The molecular formula is C14H13FN2O2. The van der Waals surface area contributed by atoms with E-state index in [9.17, 15) is 9.18 Å². The molecular weight excluding hydrogens is 247 g/mol. The third kappa shape index (κ3) is 2.12. The van der Waals surface area contributed by atoms with E-state index in [1.54, 1.807) is 30.2 Å². The molecule has 2 aromatic rings. The molecule has 98 valence electrons. The van der Waals surface area contributed by atoms with Gasteiger partial charge in [0.2, 0.25) is 0 Å². The van der Waals surface area contributed by atoms with Crippen LogP contribution in [0.1, 0.15) is 27.2 Å². The Morgan fingerprint density at radius 1 is 1.47 bits per heavy atom. The zero-order valence-electron chi connectivity index (χ0n) is 10.5. The lowest BCUT2D eigenvalue weighted by molar-refractivity contribution is 0.0728. The summed E-state index contributed by atoms with van der Waals surface area (Å²) in [7, 11) is 0. The van der Waals surface area contributed by atoms with E-state index in [2.05, 4.69) is 5.16 Å². The van der Waals surface area contributed by atoms with Crippen LogP contribution in [0.25, 0.3) is 0 Å². The lowest BCUT2D eigenvalue weighted by Gasteiger charge is -2.25. The summed E-state index contributed by atoms with van der Waals surface area (Å²) in [4.78, 5) is 14.0. The predicted octanol–water partition coefficient (Wildman–Crippen LogP) is 2.32. The Morgan fingerprint density at radius 3 is 3.11 bits per heavy atom. The van der Waals surface area contributed by atoms with Gasteiger partial charge in [0.25, 0.3) is 5.91 Å². The maximum absolute atomic E-state index is 13.5. The van der Waals surface area contributed by atoms with Crippen molar-refractivity contribution >= 4 is 5.91 Å². The molecule has 1 amide bonds. The maximum atomic E-state index is 13.5. The zero-order valence-corrected chi connectivity index (χ0v) is 10.5. The highest BCUT2D eigenvalue weighted by atomic mass is 19.1. The molecule has 3 rings (SSSR count). The van der Waals surface area contributed by atoms with Crippen molar-refractivity contribution < 1.29 is 13.7 Å². The Labute approximate surface area is 109 Å². The monoisotopic (exact) mass is 260 g/mol. The van der Waals surface area contributed by atoms with Crippen molar-refractivity contribution in [1.29, 1.82) is 0 Å². The molecule has 4 nitrogen and oxygen atoms in total. The Balaban J connectivity index is 1.83. The number of nitrogens with zero attached hydrogens (tertiary/aromatic N) is 2. The van der Waals surface area contributed by atoms with Gasteiger partial charge in [-0.1, -0.05) is 11.2 Å². The topological polar surface area (TPSA) is 46.3 Å². The van der Waals surface area contributed by atoms with Gasteiger partial charge in [0, 0.05) is 24.1 Å². The molecule has 0 aliphatic carbocycles. The van der Waals surface area contributed by atoms with Crippen LogP contribution >= 0.6 is 0 Å². The minimum Gasteiger partial charge on any atom is -0.361 e. The number of amides is 1. The van der Waals surface area contributed by atoms with E-state index in [4.69, 9.17) is 4.52 Å². The average Bonchev–Trinajstić information content (AvgIpc) is 2.88. The van der Waals surface area contributed by atoms with Crippen LogP contribution in [0.5, 0.6) is 0 Å². The molecule has 0 unspecified atom stereocenters. The molecule has 0 atom stereocenters. The summed E-state index contributed by atoms with van der Waals surface area (Å²) in [6.45, 7) is 2.71. The fraction of sp³-hybridized carbons (Fsp3) is 0.286. The first-order chi connectivity index (χ1) is 9.15. The van der Waals surface area contributed by atoms with Gasteiger partial charge >= 0.3 is 0 Å². The Bertz CT molecular complexity index is 636. The van der Waals surface area contributed by atoms with Crippen LogP contribution in [-0.4, -0.2) is 22.5 Å².